The first kappa shape index (κ1) is 14.7. The molecule has 1 aromatic carbocycles. The summed E-state index contributed by atoms with van der Waals surface area (Å²) in [5, 5.41) is 18.5. The number of likely N-dealkylation sites (N-methyl/N-ethyl adjacent to an activating group) is 1. The number of rotatable bonds is 6. The lowest BCUT2D eigenvalue weighted by Gasteiger charge is -2.18. The number of hydrogen-bond donors (Lipinski definition) is 1. The molecule has 1 aromatic heterocycles. The van der Waals surface area contributed by atoms with E-state index < -0.39 is 0 Å². The average molecular weight is 290 g/mol. The summed E-state index contributed by atoms with van der Waals surface area (Å²) in [6.07, 6.45) is 0.837. The second-order valence-corrected chi connectivity index (χ2v) is 5.49. The van der Waals surface area contributed by atoms with Gasteiger partial charge < -0.3 is 5.32 Å². The summed E-state index contributed by atoms with van der Waals surface area (Å²) in [5.41, 5.74) is 3.85. The summed E-state index contributed by atoms with van der Waals surface area (Å²) in [4.78, 5) is 10.3. The largest absolute Gasteiger partial charge is 0.310 e. The highest BCUT2D eigenvalue weighted by Gasteiger charge is 2.15. The van der Waals surface area contributed by atoms with Gasteiger partial charge >= 0.3 is 0 Å². The Morgan fingerprint density at radius 3 is 2.50 bits per heavy atom. The van der Waals surface area contributed by atoms with Crippen LogP contribution in [0.25, 0.3) is 0 Å². The normalized spacial score (nSPS) is 12.3. The quantitative estimate of drug-likeness (QED) is 0.649. The Labute approximate surface area is 122 Å². The van der Waals surface area contributed by atoms with Crippen molar-refractivity contribution in [2.45, 2.75) is 26.3 Å². The smallest absolute Gasteiger partial charge is 0.269 e. The van der Waals surface area contributed by atoms with E-state index >= 15 is 0 Å². The molecule has 1 heterocycles. The first-order valence-electron chi connectivity index (χ1n) is 6.61. The zero-order valence-electron chi connectivity index (χ0n) is 11.6. The Bertz CT molecular complexity index is 578. The Morgan fingerprint density at radius 2 is 2.00 bits per heavy atom. The summed E-state index contributed by atoms with van der Waals surface area (Å²) in [5.74, 6) is 0. The van der Waals surface area contributed by atoms with E-state index in [9.17, 15) is 10.1 Å². The fourth-order valence-corrected chi connectivity index (χ4v) is 3.16. The van der Waals surface area contributed by atoms with Crippen molar-refractivity contribution in [2.24, 2.45) is 0 Å². The van der Waals surface area contributed by atoms with E-state index in [1.54, 1.807) is 23.5 Å². The highest BCUT2D eigenvalue weighted by molar-refractivity contribution is 7.08. The summed E-state index contributed by atoms with van der Waals surface area (Å²) in [6.45, 7) is 5.10. The van der Waals surface area contributed by atoms with Gasteiger partial charge in [-0.2, -0.15) is 11.3 Å². The zero-order valence-corrected chi connectivity index (χ0v) is 12.4. The third kappa shape index (κ3) is 3.43. The lowest BCUT2D eigenvalue weighted by Crippen LogP contribution is -2.23. The maximum Gasteiger partial charge on any atom is 0.269 e. The van der Waals surface area contributed by atoms with Gasteiger partial charge in [0, 0.05) is 18.2 Å². The van der Waals surface area contributed by atoms with E-state index in [0.29, 0.717) is 0 Å². The summed E-state index contributed by atoms with van der Waals surface area (Å²) < 4.78 is 0. The van der Waals surface area contributed by atoms with Crippen molar-refractivity contribution in [1.82, 2.24) is 5.32 Å². The first-order valence-corrected chi connectivity index (χ1v) is 7.55. The number of nitrogens with zero attached hydrogens (tertiary/aromatic N) is 1. The van der Waals surface area contributed by atoms with Crippen LogP contribution in [0.4, 0.5) is 5.69 Å². The molecule has 2 rings (SSSR count). The SMILES string of the molecule is CCNC(Cc1ccc([N+](=O)[O-])cc1)c1cscc1C. The van der Waals surface area contributed by atoms with E-state index in [0.717, 1.165) is 18.5 Å². The zero-order chi connectivity index (χ0) is 14.5. The van der Waals surface area contributed by atoms with Crippen molar-refractivity contribution in [3.05, 3.63) is 61.8 Å². The molecule has 0 saturated heterocycles. The van der Waals surface area contributed by atoms with Crippen LogP contribution in [0.1, 0.15) is 29.7 Å². The molecule has 0 bridgehead atoms. The molecule has 1 unspecified atom stereocenters. The van der Waals surface area contributed by atoms with Crippen LogP contribution in [0, 0.1) is 17.0 Å². The van der Waals surface area contributed by atoms with Crippen LogP contribution in [0.15, 0.2) is 35.0 Å². The Morgan fingerprint density at radius 1 is 1.30 bits per heavy atom. The van der Waals surface area contributed by atoms with Gasteiger partial charge in [0.1, 0.15) is 0 Å². The number of nitro benzene ring substituents is 1. The van der Waals surface area contributed by atoms with E-state index in [-0.39, 0.29) is 16.7 Å². The first-order chi connectivity index (χ1) is 9.61. The van der Waals surface area contributed by atoms with Crippen molar-refractivity contribution in [2.75, 3.05) is 6.54 Å². The Balaban J connectivity index is 2.16. The van der Waals surface area contributed by atoms with Crippen LogP contribution >= 0.6 is 11.3 Å². The van der Waals surface area contributed by atoms with E-state index in [1.807, 2.05) is 12.1 Å². The number of aryl methyl sites for hydroxylation is 1. The minimum atomic E-state index is -0.366. The minimum absolute atomic E-state index is 0.139. The van der Waals surface area contributed by atoms with Gasteiger partial charge in [0.05, 0.1) is 4.92 Å². The Kier molecular flexibility index (Phi) is 4.87. The van der Waals surface area contributed by atoms with Crippen LogP contribution < -0.4 is 5.32 Å². The fraction of sp³-hybridized carbons (Fsp3) is 0.333. The van der Waals surface area contributed by atoms with Crippen molar-refractivity contribution in [1.29, 1.82) is 0 Å². The molecule has 4 nitrogen and oxygen atoms in total. The minimum Gasteiger partial charge on any atom is -0.310 e. The highest BCUT2D eigenvalue weighted by Crippen LogP contribution is 2.25. The van der Waals surface area contributed by atoms with Crippen LogP contribution in [0.3, 0.4) is 0 Å². The second-order valence-electron chi connectivity index (χ2n) is 4.75. The number of non-ortho nitro benzene ring substituents is 1. The van der Waals surface area contributed by atoms with Gasteiger partial charge in [-0.3, -0.25) is 10.1 Å². The fourth-order valence-electron chi connectivity index (χ4n) is 2.26. The van der Waals surface area contributed by atoms with Gasteiger partial charge in [0.15, 0.2) is 0 Å². The molecular weight excluding hydrogens is 272 g/mol. The molecule has 0 saturated carbocycles. The maximum atomic E-state index is 10.7. The molecule has 0 spiro atoms. The number of hydrogen-bond acceptors (Lipinski definition) is 4. The Hall–Kier alpha value is -1.72. The average Bonchev–Trinajstić information content (AvgIpc) is 2.85. The van der Waals surface area contributed by atoms with Gasteiger partial charge in [-0.25, -0.2) is 0 Å². The molecule has 0 fully saturated rings. The summed E-state index contributed by atoms with van der Waals surface area (Å²) in [6, 6.07) is 7.07. The molecule has 0 aliphatic rings. The molecule has 0 aliphatic carbocycles. The number of nitrogens with one attached hydrogen (secondary N) is 1. The standard InChI is InChI=1S/C15H18N2O2S/c1-3-16-15(14-10-20-9-11(14)2)8-12-4-6-13(7-5-12)17(18)19/h4-7,9-10,15-16H,3,8H2,1-2H3. The molecule has 20 heavy (non-hydrogen) atoms. The third-order valence-corrected chi connectivity index (χ3v) is 4.19. The van der Waals surface area contributed by atoms with Crippen molar-refractivity contribution < 1.29 is 4.92 Å². The third-order valence-electron chi connectivity index (χ3n) is 3.31. The molecule has 106 valence electrons. The van der Waals surface area contributed by atoms with Crippen LogP contribution in [-0.2, 0) is 6.42 Å². The van der Waals surface area contributed by atoms with Gasteiger partial charge in [0.2, 0.25) is 0 Å². The van der Waals surface area contributed by atoms with Crippen LogP contribution in [0.5, 0.6) is 0 Å². The lowest BCUT2D eigenvalue weighted by molar-refractivity contribution is -0.384. The van der Waals surface area contributed by atoms with Gasteiger partial charge in [-0.1, -0.05) is 19.1 Å². The topological polar surface area (TPSA) is 55.2 Å². The number of nitro groups is 1. The predicted molar refractivity (Wildman–Crippen MR) is 82.3 cm³/mol. The summed E-state index contributed by atoms with van der Waals surface area (Å²) in [7, 11) is 0. The van der Waals surface area contributed by atoms with Crippen molar-refractivity contribution in [3.8, 4) is 0 Å². The van der Waals surface area contributed by atoms with Crippen LogP contribution in [0.2, 0.25) is 0 Å². The number of thiophene rings is 1. The molecule has 0 amide bonds. The van der Waals surface area contributed by atoms with Crippen LogP contribution in [-0.4, -0.2) is 11.5 Å². The lowest BCUT2D eigenvalue weighted by atomic mass is 9.98. The number of benzene rings is 1. The highest BCUT2D eigenvalue weighted by atomic mass is 32.1. The molecule has 5 heteroatoms. The monoisotopic (exact) mass is 290 g/mol. The molecule has 1 N–H and O–H groups in total. The maximum absolute atomic E-state index is 10.7. The van der Waals surface area contributed by atoms with Gasteiger partial charge in [-0.05, 0) is 47.3 Å². The summed E-state index contributed by atoms with van der Waals surface area (Å²) >= 11 is 1.71. The molecule has 2 aromatic rings. The molecule has 0 aliphatic heterocycles. The second kappa shape index (κ2) is 6.63. The van der Waals surface area contributed by atoms with E-state index in [4.69, 9.17) is 0 Å². The van der Waals surface area contributed by atoms with Gasteiger partial charge in [0.25, 0.3) is 5.69 Å². The van der Waals surface area contributed by atoms with Gasteiger partial charge in [-0.15, -0.1) is 0 Å². The van der Waals surface area contributed by atoms with Crippen molar-refractivity contribution >= 4 is 17.0 Å². The van der Waals surface area contributed by atoms with E-state index in [1.165, 1.54) is 11.1 Å². The van der Waals surface area contributed by atoms with Crippen molar-refractivity contribution in [3.63, 3.8) is 0 Å². The van der Waals surface area contributed by atoms with E-state index in [2.05, 4.69) is 29.9 Å². The molecule has 1 atom stereocenters. The molecular formula is C15H18N2O2S. The predicted octanol–water partition coefficient (Wildman–Crippen LogP) is 3.86. The molecule has 0 radical (unpaired) electrons.